The van der Waals surface area contributed by atoms with Gasteiger partial charge in [-0.3, -0.25) is 0 Å². The van der Waals surface area contributed by atoms with E-state index in [4.69, 9.17) is 4.74 Å². The molecule has 0 heterocycles. The first-order valence-corrected chi connectivity index (χ1v) is 7.02. The molecule has 98 valence electrons. The van der Waals surface area contributed by atoms with Crippen LogP contribution in [-0.4, -0.2) is 11.4 Å². The van der Waals surface area contributed by atoms with E-state index < -0.39 is 0 Å². The maximum atomic E-state index is 11.9. The van der Waals surface area contributed by atoms with E-state index >= 15 is 0 Å². The highest BCUT2D eigenvalue weighted by Gasteiger charge is 2.12. The van der Waals surface area contributed by atoms with Gasteiger partial charge in [0.2, 0.25) is 0 Å². The maximum Gasteiger partial charge on any atom is 0.339 e. The van der Waals surface area contributed by atoms with E-state index in [1.165, 1.54) is 17.3 Å². The van der Waals surface area contributed by atoms with Crippen molar-refractivity contribution in [2.45, 2.75) is 24.2 Å². The molecule has 0 aliphatic carbocycles. The third-order valence-electron chi connectivity index (χ3n) is 2.61. The average Bonchev–Trinajstić information content (AvgIpc) is 2.42. The van der Waals surface area contributed by atoms with Gasteiger partial charge in [-0.2, -0.15) is 0 Å². The summed E-state index contributed by atoms with van der Waals surface area (Å²) in [7, 11) is 0. The first kappa shape index (κ1) is 13.7. The van der Waals surface area contributed by atoms with E-state index in [0.717, 1.165) is 4.90 Å². The molecule has 0 aromatic heterocycles. The lowest BCUT2D eigenvalue weighted by Gasteiger charge is -2.12. The van der Waals surface area contributed by atoms with Gasteiger partial charge in [-0.15, -0.1) is 0 Å². The van der Waals surface area contributed by atoms with Gasteiger partial charge >= 0.3 is 5.97 Å². The van der Waals surface area contributed by atoms with Crippen LogP contribution in [0.15, 0.2) is 59.5 Å². The standard InChI is InChI=1S/C16H16O2S/c1-12-8-10-15(11-9-12)19-13(2)18-16(17)14-6-4-3-5-7-14/h3-11,13H,1-2H3. The van der Waals surface area contributed by atoms with Crippen molar-refractivity contribution < 1.29 is 9.53 Å². The first-order valence-electron chi connectivity index (χ1n) is 6.14. The molecule has 0 aliphatic heterocycles. The summed E-state index contributed by atoms with van der Waals surface area (Å²) in [5, 5.41) is 0. The number of benzene rings is 2. The van der Waals surface area contributed by atoms with Crippen molar-refractivity contribution in [3.8, 4) is 0 Å². The third kappa shape index (κ3) is 4.14. The Morgan fingerprint density at radius 3 is 2.32 bits per heavy atom. The Balaban J connectivity index is 1.92. The van der Waals surface area contributed by atoms with Crippen LogP contribution in [0.4, 0.5) is 0 Å². The van der Waals surface area contributed by atoms with Crippen LogP contribution in [0.1, 0.15) is 22.8 Å². The van der Waals surface area contributed by atoms with Gasteiger partial charge in [-0.25, -0.2) is 4.79 Å². The van der Waals surface area contributed by atoms with Crippen molar-refractivity contribution in [2.75, 3.05) is 0 Å². The lowest BCUT2D eigenvalue weighted by molar-refractivity contribution is 0.0482. The molecular formula is C16H16O2S. The molecule has 2 nitrogen and oxygen atoms in total. The summed E-state index contributed by atoms with van der Waals surface area (Å²) in [5.41, 5.74) is 1.59. The fourth-order valence-corrected chi connectivity index (χ4v) is 2.44. The number of thioether (sulfide) groups is 1. The molecule has 2 aromatic rings. The van der Waals surface area contributed by atoms with E-state index in [0.29, 0.717) is 5.56 Å². The van der Waals surface area contributed by atoms with E-state index in [9.17, 15) is 4.79 Å². The van der Waals surface area contributed by atoms with Crippen molar-refractivity contribution in [3.63, 3.8) is 0 Å². The van der Waals surface area contributed by atoms with Crippen molar-refractivity contribution in [2.24, 2.45) is 0 Å². The molecule has 0 N–H and O–H groups in total. The molecule has 19 heavy (non-hydrogen) atoms. The highest BCUT2D eigenvalue weighted by atomic mass is 32.2. The van der Waals surface area contributed by atoms with Gasteiger partial charge in [0.1, 0.15) is 5.44 Å². The summed E-state index contributed by atoms with van der Waals surface area (Å²) in [5.74, 6) is -0.285. The Morgan fingerprint density at radius 2 is 1.68 bits per heavy atom. The van der Waals surface area contributed by atoms with Gasteiger partial charge in [-0.05, 0) is 38.1 Å². The number of hydrogen-bond acceptors (Lipinski definition) is 3. The smallest absolute Gasteiger partial charge is 0.339 e. The molecule has 1 unspecified atom stereocenters. The SMILES string of the molecule is Cc1ccc(SC(C)OC(=O)c2ccccc2)cc1. The molecule has 0 spiro atoms. The van der Waals surface area contributed by atoms with Gasteiger partial charge < -0.3 is 4.74 Å². The van der Waals surface area contributed by atoms with Crippen LogP contribution in [0.25, 0.3) is 0 Å². The van der Waals surface area contributed by atoms with Crippen molar-refractivity contribution in [3.05, 3.63) is 65.7 Å². The predicted octanol–water partition coefficient (Wildman–Crippen LogP) is 4.29. The lowest BCUT2D eigenvalue weighted by Crippen LogP contribution is -2.11. The van der Waals surface area contributed by atoms with Gasteiger partial charge in [-0.1, -0.05) is 47.7 Å². The fourth-order valence-electron chi connectivity index (χ4n) is 1.63. The molecule has 0 aliphatic rings. The summed E-state index contributed by atoms with van der Waals surface area (Å²) < 4.78 is 5.39. The minimum absolute atomic E-state index is 0.213. The Kier molecular flexibility index (Phi) is 4.63. The molecule has 2 aromatic carbocycles. The number of hydrogen-bond donors (Lipinski definition) is 0. The quantitative estimate of drug-likeness (QED) is 0.472. The monoisotopic (exact) mass is 272 g/mol. The number of carbonyl (C=O) groups excluding carboxylic acids is 1. The molecule has 0 amide bonds. The first-order chi connectivity index (χ1) is 9.15. The number of rotatable bonds is 4. The third-order valence-corrected chi connectivity index (χ3v) is 3.58. The van der Waals surface area contributed by atoms with Crippen LogP contribution in [-0.2, 0) is 4.74 Å². The van der Waals surface area contributed by atoms with Crippen LogP contribution in [0.3, 0.4) is 0 Å². The summed E-state index contributed by atoms with van der Waals surface area (Å²) in [6.07, 6.45) is 0. The summed E-state index contributed by atoms with van der Waals surface area (Å²) in [4.78, 5) is 13.0. The normalized spacial score (nSPS) is 11.9. The maximum absolute atomic E-state index is 11.9. The summed E-state index contributed by atoms with van der Waals surface area (Å²) in [6, 6.07) is 17.2. The van der Waals surface area contributed by atoms with Crippen LogP contribution in [0.5, 0.6) is 0 Å². The molecule has 3 heteroatoms. The van der Waals surface area contributed by atoms with Crippen LogP contribution >= 0.6 is 11.8 Å². The molecule has 2 rings (SSSR count). The summed E-state index contributed by atoms with van der Waals surface area (Å²) in [6.45, 7) is 3.93. The largest absolute Gasteiger partial charge is 0.448 e. The van der Waals surface area contributed by atoms with Crippen molar-refractivity contribution in [1.82, 2.24) is 0 Å². The van der Waals surface area contributed by atoms with E-state index in [1.54, 1.807) is 12.1 Å². The zero-order chi connectivity index (χ0) is 13.7. The van der Waals surface area contributed by atoms with Gasteiger partial charge in [0.25, 0.3) is 0 Å². The summed E-state index contributed by atoms with van der Waals surface area (Å²) >= 11 is 1.53. The minimum Gasteiger partial charge on any atom is -0.448 e. The predicted molar refractivity (Wildman–Crippen MR) is 78.4 cm³/mol. The molecule has 1 atom stereocenters. The van der Waals surface area contributed by atoms with Gasteiger partial charge in [0.05, 0.1) is 5.56 Å². The zero-order valence-corrected chi connectivity index (χ0v) is 11.8. The number of ether oxygens (including phenoxy) is 1. The highest BCUT2D eigenvalue weighted by molar-refractivity contribution is 7.99. The molecular weight excluding hydrogens is 256 g/mol. The van der Waals surface area contributed by atoms with E-state index in [-0.39, 0.29) is 11.4 Å². The minimum atomic E-state index is -0.285. The van der Waals surface area contributed by atoms with Crippen LogP contribution in [0, 0.1) is 6.92 Å². The Labute approximate surface area is 117 Å². The topological polar surface area (TPSA) is 26.3 Å². The van der Waals surface area contributed by atoms with Gasteiger partial charge in [0, 0.05) is 4.90 Å². The highest BCUT2D eigenvalue weighted by Crippen LogP contribution is 2.24. The number of carbonyl (C=O) groups is 1. The Bertz CT molecular complexity index is 534. The fraction of sp³-hybridized carbons (Fsp3) is 0.188. The van der Waals surface area contributed by atoms with E-state index in [1.807, 2.05) is 56.3 Å². The number of aryl methyl sites for hydroxylation is 1. The second-order valence-corrected chi connectivity index (χ2v) is 5.64. The zero-order valence-electron chi connectivity index (χ0n) is 11.0. The lowest BCUT2D eigenvalue weighted by atomic mass is 10.2. The van der Waals surface area contributed by atoms with Crippen LogP contribution in [0.2, 0.25) is 0 Å². The molecule has 0 bridgehead atoms. The van der Waals surface area contributed by atoms with E-state index in [2.05, 4.69) is 0 Å². The molecule has 0 saturated carbocycles. The number of esters is 1. The van der Waals surface area contributed by atoms with Gasteiger partial charge in [0.15, 0.2) is 0 Å². The molecule has 0 radical (unpaired) electrons. The second kappa shape index (κ2) is 6.43. The molecule has 0 saturated heterocycles. The van der Waals surface area contributed by atoms with Crippen molar-refractivity contribution >= 4 is 17.7 Å². The average molecular weight is 272 g/mol. The Hall–Kier alpha value is -1.74. The van der Waals surface area contributed by atoms with Crippen molar-refractivity contribution in [1.29, 1.82) is 0 Å². The Morgan fingerprint density at radius 1 is 1.05 bits per heavy atom. The second-order valence-electron chi connectivity index (χ2n) is 4.27. The van der Waals surface area contributed by atoms with Crippen LogP contribution < -0.4 is 0 Å². The molecule has 0 fully saturated rings.